The van der Waals surface area contributed by atoms with Crippen LogP contribution < -0.4 is 0 Å². The summed E-state index contributed by atoms with van der Waals surface area (Å²) in [6.07, 6.45) is 2.96. The maximum absolute atomic E-state index is 11.0. The average Bonchev–Trinajstić information content (AvgIpc) is 2.18. The Morgan fingerprint density at radius 3 is 2.87 bits per heavy atom. The predicted octanol–water partition coefficient (Wildman–Crippen LogP) is 3.47. The van der Waals surface area contributed by atoms with Crippen molar-refractivity contribution in [3.05, 3.63) is 47.5 Å². The van der Waals surface area contributed by atoms with Gasteiger partial charge < -0.3 is 5.11 Å². The van der Waals surface area contributed by atoms with E-state index in [0.717, 1.165) is 5.56 Å². The van der Waals surface area contributed by atoms with Crippen LogP contribution in [0.25, 0.3) is 0 Å². The molecule has 1 aromatic carbocycles. The first-order valence-electron chi connectivity index (χ1n) is 4.74. The van der Waals surface area contributed by atoms with Crippen LogP contribution in [-0.4, -0.2) is 11.1 Å². The van der Waals surface area contributed by atoms with Gasteiger partial charge in [-0.1, -0.05) is 29.8 Å². The number of carboxylic acids is 1. The summed E-state index contributed by atoms with van der Waals surface area (Å²) in [5, 5.41) is 9.63. The lowest BCUT2D eigenvalue weighted by atomic mass is 9.94. The first-order chi connectivity index (χ1) is 7.15. The zero-order chi connectivity index (χ0) is 11.3. The lowest BCUT2D eigenvalue weighted by Gasteiger charge is -2.11. The number of hydrogen-bond acceptors (Lipinski definition) is 1. The van der Waals surface area contributed by atoms with Gasteiger partial charge in [0, 0.05) is 5.02 Å². The molecule has 0 aliphatic rings. The largest absolute Gasteiger partial charge is 0.481 e. The molecule has 0 fully saturated rings. The fraction of sp³-hybridized carbons (Fsp3) is 0.250. The highest BCUT2D eigenvalue weighted by Crippen LogP contribution is 2.24. The Labute approximate surface area is 94.2 Å². The molecule has 1 atom stereocenters. The van der Waals surface area contributed by atoms with Crippen molar-refractivity contribution in [2.45, 2.75) is 18.8 Å². The Balaban J connectivity index is 2.88. The summed E-state index contributed by atoms with van der Waals surface area (Å²) in [5.74, 6) is -1.32. The van der Waals surface area contributed by atoms with E-state index in [1.165, 1.54) is 0 Å². The van der Waals surface area contributed by atoms with Gasteiger partial charge in [-0.25, -0.2) is 0 Å². The number of allylic oxidation sites excluding steroid dienone is 1. The van der Waals surface area contributed by atoms with Crippen molar-refractivity contribution in [2.75, 3.05) is 0 Å². The quantitative estimate of drug-likeness (QED) is 0.778. The van der Waals surface area contributed by atoms with Crippen LogP contribution in [0.3, 0.4) is 0 Å². The minimum Gasteiger partial charge on any atom is -0.481 e. The van der Waals surface area contributed by atoms with Gasteiger partial charge in [0.05, 0.1) is 5.92 Å². The van der Waals surface area contributed by atoms with E-state index < -0.39 is 11.9 Å². The van der Waals surface area contributed by atoms with Crippen LogP contribution in [0.15, 0.2) is 36.9 Å². The maximum atomic E-state index is 11.0. The van der Waals surface area contributed by atoms with E-state index in [4.69, 9.17) is 16.7 Å². The second-order valence-electron chi connectivity index (χ2n) is 3.31. The predicted molar refractivity (Wildman–Crippen MR) is 61.3 cm³/mol. The summed E-state index contributed by atoms with van der Waals surface area (Å²) in [6.45, 7) is 3.58. The van der Waals surface area contributed by atoms with Gasteiger partial charge in [0.15, 0.2) is 0 Å². The number of aliphatic carboxylic acids is 1. The second kappa shape index (κ2) is 5.56. The van der Waals surface area contributed by atoms with Crippen LogP contribution in [-0.2, 0) is 4.79 Å². The van der Waals surface area contributed by atoms with E-state index in [0.29, 0.717) is 17.9 Å². The molecular weight excluding hydrogens is 212 g/mol. The van der Waals surface area contributed by atoms with Crippen LogP contribution in [0.1, 0.15) is 24.3 Å². The Hall–Kier alpha value is -1.28. The standard InChI is InChI=1S/C12H13ClO2/c1-2-3-7-11(12(14)15)9-5-4-6-10(13)8-9/h2,4-6,8,11H,1,3,7H2,(H,14,15). The molecule has 0 radical (unpaired) electrons. The number of halogens is 1. The van der Waals surface area contributed by atoms with Crippen molar-refractivity contribution in [1.29, 1.82) is 0 Å². The van der Waals surface area contributed by atoms with Crippen LogP contribution in [0.5, 0.6) is 0 Å². The van der Waals surface area contributed by atoms with Gasteiger partial charge in [0.1, 0.15) is 0 Å². The van der Waals surface area contributed by atoms with Crippen molar-refractivity contribution in [3.8, 4) is 0 Å². The third-order valence-electron chi connectivity index (χ3n) is 2.21. The first-order valence-corrected chi connectivity index (χ1v) is 5.12. The molecule has 0 amide bonds. The molecule has 80 valence electrons. The van der Waals surface area contributed by atoms with Crippen LogP contribution in [0.2, 0.25) is 5.02 Å². The molecule has 3 heteroatoms. The van der Waals surface area contributed by atoms with Gasteiger partial charge in [-0.15, -0.1) is 6.58 Å². The highest BCUT2D eigenvalue weighted by atomic mass is 35.5. The Morgan fingerprint density at radius 2 is 2.33 bits per heavy atom. The Kier molecular flexibility index (Phi) is 4.37. The third kappa shape index (κ3) is 3.40. The zero-order valence-electron chi connectivity index (χ0n) is 8.32. The minimum atomic E-state index is -0.820. The third-order valence-corrected chi connectivity index (χ3v) is 2.44. The van der Waals surface area contributed by atoms with Crippen molar-refractivity contribution in [3.63, 3.8) is 0 Å². The molecule has 0 saturated heterocycles. The molecule has 2 nitrogen and oxygen atoms in total. The summed E-state index contributed by atoms with van der Waals surface area (Å²) in [6, 6.07) is 6.98. The molecule has 0 aliphatic carbocycles. The summed E-state index contributed by atoms with van der Waals surface area (Å²) >= 11 is 5.81. The average molecular weight is 225 g/mol. The maximum Gasteiger partial charge on any atom is 0.310 e. The van der Waals surface area contributed by atoms with Crippen molar-refractivity contribution in [1.82, 2.24) is 0 Å². The molecule has 0 heterocycles. The molecule has 15 heavy (non-hydrogen) atoms. The van der Waals surface area contributed by atoms with Gasteiger partial charge in [0.2, 0.25) is 0 Å². The highest BCUT2D eigenvalue weighted by molar-refractivity contribution is 6.30. The number of hydrogen-bond donors (Lipinski definition) is 1. The van der Waals surface area contributed by atoms with E-state index in [2.05, 4.69) is 6.58 Å². The summed E-state index contributed by atoms with van der Waals surface area (Å²) < 4.78 is 0. The minimum absolute atomic E-state index is 0.498. The molecule has 1 rings (SSSR count). The second-order valence-corrected chi connectivity index (χ2v) is 3.75. The molecule has 1 aromatic rings. The van der Waals surface area contributed by atoms with E-state index >= 15 is 0 Å². The lowest BCUT2D eigenvalue weighted by molar-refractivity contribution is -0.138. The van der Waals surface area contributed by atoms with Gasteiger partial charge in [-0.2, -0.15) is 0 Å². The monoisotopic (exact) mass is 224 g/mol. The fourth-order valence-corrected chi connectivity index (χ4v) is 1.64. The summed E-state index contributed by atoms with van der Waals surface area (Å²) in [7, 11) is 0. The summed E-state index contributed by atoms with van der Waals surface area (Å²) in [4.78, 5) is 11.0. The van der Waals surface area contributed by atoms with Crippen molar-refractivity contribution >= 4 is 17.6 Å². The van der Waals surface area contributed by atoms with E-state index in [9.17, 15) is 4.79 Å². The van der Waals surface area contributed by atoms with Gasteiger partial charge >= 0.3 is 5.97 Å². The van der Waals surface area contributed by atoms with E-state index in [-0.39, 0.29) is 0 Å². The fourth-order valence-electron chi connectivity index (χ4n) is 1.44. The smallest absolute Gasteiger partial charge is 0.310 e. The van der Waals surface area contributed by atoms with Gasteiger partial charge in [-0.3, -0.25) is 4.79 Å². The number of benzene rings is 1. The molecule has 0 aromatic heterocycles. The van der Waals surface area contributed by atoms with Gasteiger partial charge in [0.25, 0.3) is 0 Å². The van der Waals surface area contributed by atoms with Crippen LogP contribution in [0.4, 0.5) is 0 Å². The highest BCUT2D eigenvalue weighted by Gasteiger charge is 2.18. The SMILES string of the molecule is C=CCCC(C(=O)O)c1cccc(Cl)c1. The molecule has 1 unspecified atom stereocenters. The normalized spacial score (nSPS) is 12.1. The molecule has 0 saturated carbocycles. The lowest BCUT2D eigenvalue weighted by Crippen LogP contribution is -2.11. The van der Waals surface area contributed by atoms with Crippen LogP contribution in [0, 0.1) is 0 Å². The van der Waals surface area contributed by atoms with E-state index in [1.54, 1.807) is 30.3 Å². The number of carbonyl (C=O) groups is 1. The van der Waals surface area contributed by atoms with Gasteiger partial charge in [-0.05, 0) is 30.5 Å². The van der Waals surface area contributed by atoms with E-state index in [1.807, 2.05) is 0 Å². The number of rotatable bonds is 5. The first kappa shape index (κ1) is 11.8. The molecular formula is C12H13ClO2. The van der Waals surface area contributed by atoms with Crippen LogP contribution >= 0.6 is 11.6 Å². The van der Waals surface area contributed by atoms with Crippen molar-refractivity contribution in [2.24, 2.45) is 0 Å². The Morgan fingerprint density at radius 1 is 1.60 bits per heavy atom. The Bertz CT molecular complexity index is 360. The molecule has 0 spiro atoms. The summed E-state index contributed by atoms with van der Waals surface area (Å²) in [5.41, 5.74) is 0.747. The van der Waals surface area contributed by atoms with Crippen molar-refractivity contribution < 1.29 is 9.90 Å². The molecule has 1 N–H and O–H groups in total. The molecule has 0 bridgehead atoms. The number of carboxylic acid groups (broad SMARTS) is 1. The zero-order valence-corrected chi connectivity index (χ0v) is 9.07. The molecule has 0 aliphatic heterocycles. The topological polar surface area (TPSA) is 37.3 Å².